The van der Waals surface area contributed by atoms with Gasteiger partial charge in [-0.15, -0.1) is 0 Å². The quantitative estimate of drug-likeness (QED) is 0.382. The summed E-state index contributed by atoms with van der Waals surface area (Å²) >= 11 is 2.10. The monoisotopic (exact) mass is 498 g/mol. The highest BCUT2D eigenvalue weighted by Gasteiger charge is 2.16. The fraction of sp³-hybridized carbons (Fsp3) is 0.0435. The van der Waals surface area contributed by atoms with E-state index in [-0.39, 0.29) is 11.6 Å². The number of carbonyl (C=O) groups is 2. The summed E-state index contributed by atoms with van der Waals surface area (Å²) in [7, 11) is 1.58. The molecular formula is C23H19IN2O3. The lowest BCUT2D eigenvalue weighted by molar-refractivity contribution is -0.113. The third-order valence-electron chi connectivity index (χ3n) is 4.07. The Balaban J connectivity index is 1.86. The Morgan fingerprint density at radius 3 is 2.21 bits per heavy atom. The molecule has 0 unspecified atom stereocenters. The van der Waals surface area contributed by atoms with E-state index in [1.54, 1.807) is 49.6 Å². The Morgan fingerprint density at radius 2 is 1.55 bits per heavy atom. The lowest BCUT2D eigenvalue weighted by atomic mass is 10.1. The van der Waals surface area contributed by atoms with Crippen LogP contribution in [0.1, 0.15) is 15.9 Å². The molecule has 0 saturated carbocycles. The van der Waals surface area contributed by atoms with E-state index >= 15 is 0 Å². The van der Waals surface area contributed by atoms with Crippen LogP contribution in [0.3, 0.4) is 0 Å². The van der Waals surface area contributed by atoms with Crippen molar-refractivity contribution in [2.45, 2.75) is 0 Å². The highest BCUT2D eigenvalue weighted by molar-refractivity contribution is 14.1. The first-order chi connectivity index (χ1) is 14.1. The molecule has 0 aliphatic heterocycles. The van der Waals surface area contributed by atoms with E-state index in [1.165, 1.54) is 0 Å². The number of rotatable bonds is 6. The summed E-state index contributed by atoms with van der Waals surface area (Å²) in [4.78, 5) is 25.6. The van der Waals surface area contributed by atoms with E-state index < -0.39 is 5.91 Å². The molecule has 29 heavy (non-hydrogen) atoms. The van der Waals surface area contributed by atoms with Crippen molar-refractivity contribution >= 4 is 46.2 Å². The molecule has 0 spiro atoms. The Bertz CT molecular complexity index is 1030. The van der Waals surface area contributed by atoms with Crippen molar-refractivity contribution in [3.05, 3.63) is 99.3 Å². The van der Waals surface area contributed by atoms with Crippen LogP contribution in [-0.4, -0.2) is 18.9 Å². The predicted octanol–water partition coefficient (Wildman–Crippen LogP) is 4.71. The maximum Gasteiger partial charge on any atom is 0.272 e. The molecule has 0 aliphatic carbocycles. The number of nitrogens with one attached hydrogen (secondary N) is 2. The molecule has 2 N–H and O–H groups in total. The summed E-state index contributed by atoms with van der Waals surface area (Å²) in [5, 5.41) is 5.55. The summed E-state index contributed by atoms with van der Waals surface area (Å²) in [5.41, 5.74) is 2.05. The molecule has 0 aromatic heterocycles. The van der Waals surface area contributed by atoms with Crippen LogP contribution in [0, 0.1) is 3.57 Å². The van der Waals surface area contributed by atoms with Crippen LogP contribution >= 0.6 is 22.6 Å². The van der Waals surface area contributed by atoms with Crippen molar-refractivity contribution in [3.63, 3.8) is 0 Å². The van der Waals surface area contributed by atoms with Gasteiger partial charge >= 0.3 is 0 Å². The van der Waals surface area contributed by atoms with Gasteiger partial charge in [-0.3, -0.25) is 9.59 Å². The summed E-state index contributed by atoms with van der Waals surface area (Å²) < 4.78 is 5.93. The number of carbonyl (C=O) groups excluding carboxylic acids is 2. The molecule has 5 nitrogen and oxygen atoms in total. The number of methoxy groups -OCH3 is 1. The fourth-order valence-corrected chi connectivity index (χ4v) is 3.21. The van der Waals surface area contributed by atoms with Gasteiger partial charge in [0.25, 0.3) is 11.8 Å². The van der Waals surface area contributed by atoms with E-state index in [4.69, 9.17) is 4.74 Å². The van der Waals surface area contributed by atoms with Crippen molar-refractivity contribution in [2.75, 3.05) is 12.4 Å². The van der Waals surface area contributed by atoms with Crippen molar-refractivity contribution in [2.24, 2.45) is 0 Å². The van der Waals surface area contributed by atoms with Gasteiger partial charge < -0.3 is 15.4 Å². The highest BCUT2D eigenvalue weighted by atomic mass is 127. The van der Waals surface area contributed by atoms with Crippen molar-refractivity contribution in [1.29, 1.82) is 0 Å². The maximum absolute atomic E-state index is 12.9. The predicted molar refractivity (Wildman–Crippen MR) is 123 cm³/mol. The van der Waals surface area contributed by atoms with Gasteiger partial charge in [0.05, 0.1) is 12.7 Å². The zero-order chi connectivity index (χ0) is 20.6. The molecule has 0 fully saturated rings. The normalized spacial score (nSPS) is 10.9. The second-order valence-corrected chi connectivity index (χ2v) is 7.25. The van der Waals surface area contributed by atoms with Crippen LogP contribution in [0.25, 0.3) is 6.08 Å². The lowest BCUT2D eigenvalue weighted by Crippen LogP contribution is -2.31. The zero-order valence-corrected chi connectivity index (χ0v) is 17.8. The smallest absolute Gasteiger partial charge is 0.272 e. The molecule has 0 atom stereocenters. The second-order valence-electron chi connectivity index (χ2n) is 6.09. The van der Waals surface area contributed by atoms with Crippen LogP contribution in [-0.2, 0) is 4.79 Å². The van der Waals surface area contributed by atoms with Crippen LogP contribution in [0.2, 0.25) is 0 Å². The number of hydrogen-bond acceptors (Lipinski definition) is 3. The molecule has 146 valence electrons. The first kappa shape index (κ1) is 20.6. The number of hydrogen-bond donors (Lipinski definition) is 2. The van der Waals surface area contributed by atoms with Crippen LogP contribution < -0.4 is 15.4 Å². The number of anilines is 1. The summed E-state index contributed by atoms with van der Waals surface area (Å²) in [6.45, 7) is 0. The van der Waals surface area contributed by atoms with E-state index in [2.05, 4.69) is 33.2 Å². The van der Waals surface area contributed by atoms with Crippen LogP contribution in [0.15, 0.2) is 84.6 Å². The Morgan fingerprint density at radius 1 is 0.897 bits per heavy atom. The molecular weight excluding hydrogens is 479 g/mol. The first-order valence-electron chi connectivity index (χ1n) is 8.85. The van der Waals surface area contributed by atoms with Gasteiger partial charge in [-0.25, -0.2) is 0 Å². The van der Waals surface area contributed by atoms with Gasteiger partial charge in [0, 0.05) is 9.26 Å². The summed E-state index contributed by atoms with van der Waals surface area (Å²) in [6.07, 6.45) is 1.65. The molecule has 0 saturated heterocycles. The maximum atomic E-state index is 12.9. The van der Waals surface area contributed by atoms with E-state index in [1.807, 2.05) is 42.5 Å². The van der Waals surface area contributed by atoms with Gasteiger partial charge in [0.15, 0.2) is 0 Å². The Hall–Kier alpha value is -3.13. The number of halogens is 1. The van der Waals surface area contributed by atoms with Gasteiger partial charge in [0.2, 0.25) is 0 Å². The number of ether oxygens (including phenoxy) is 1. The molecule has 0 aliphatic rings. The van der Waals surface area contributed by atoms with Crippen LogP contribution in [0.5, 0.6) is 5.75 Å². The standard InChI is InChI=1S/C23H19IN2O3/c1-29-18-13-11-17(12-14-18)25-23(28)21(15-16-7-3-2-4-8-16)26-22(27)19-9-5-6-10-20(19)24/h2-15H,1H3,(H,25,28)(H,26,27)/b21-15-. The molecule has 2 amide bonds. The topological polar surface area (TPSA) is 67.4 Å². The summed E-state index contributed by atoms with van der Waals surface area (Å²) in [6, 6.07) is 23.5. The average Bonchev–Trinajstić information content (AvgIpc) is 2.74. The number of amides is 2. The van der Waals surface area contributed by atoms with Gasteiger partial charge in [-0.1, -0.05) is 42.5 Å². The first-order valence-corrected chi connectivity index (χ1v) is 9.93. The Kier molecular flexibility index (Phi) is 7.02. The second kappa shape index (κ2) is 9.88. The summed E-state index contributed by atoms with van der Waals surface area (Å²) in [5.74, 6) is -0.0737. The van der Waals surface area contributed by atoms with E-state index in [9.17, 15) is 9.59 Å². The minimum atomic E-state index is -0.418. The van der Waals surface area contributed by atoms with E-state index in [0.29, 0.717) is 17.0 Å². The van der Waals surface area contributed by atoms with Crippen molar-refractivity contribution < 1.29 is 14.3 Å². The lowest BCUT2D eigenvalue weighted by Gasteiger charge is -2.12. The SMILES string of the molecule is COc1ccc(NC(=O)/C(=C/c2ccccc2)NC(=O)c2ccccc2I)cc1. The minimum absolute atomic E-state index is 0.150. The Labute approximate surface area is 182 Å². The average molecular weight is 498 g/mol. The fourth-order valence-electron chi connectivity index (χ4n) is 2.58. The molecule has 3 rings (SSSR count). The molecule has 3 aromatic rings. The number of benzene rings is 3. The van der Waals surface area contributed by atoms with Gasteiger partial charge in [-0.05, 0) is 70.6 Å². The van der Waals surface area contributed by atoms with Gasteiger partial charge in [0.1, 0.15) is 11.4 Å². The molecule has 0 bridgehead atoms. The molecule has 0 heterocycles. The minimum Gasteiger partial charge on any atom is -0.497 e. The van der Waals surface area contributed by atoms with Crippen LogP contribution in [0.4, 0.5) is 5.69 Å². The van der Waals surface area contributed by atoms with Crippen molar-refractivity contribution in [1.82, 2.24) is 5.32 Å². The molecule has 6 heteroatoms. The van der Waals surface area contributed by atoms with E-state index in [0.717, 1.165) is 9.13 Å². The third kappa shape index (κ3) is 5.68. The highest BCUT2D eigenvalue weighted by Crippen LogP contribution is 2.17. The molecule has 0 radical (unpaired) electrons. The third-order valence-corrected chi connectivity index (χ3v) is 5.01. The zero-order valence-electron chi connectivity index (χ0n) is 15.7. The largest absolute Gasteiger partial charge is 0.497 e. The molecule has 3 aromatic carbocycles. The van der Waals surface area contributed by atoms with Gasteiger partial charge in [-0.2, -0.15) is 0 Å². The van der Waals surface area contributed by atoms with Crippen molar-refractivity contribution in [3.8, 4) is 5.75 Å².